The van der Waals surface area contributed by atoms with E-state index in [4.69, 9.17) is 5.84 Å². The van der Waals surface area contributed by atoms with E-state index >= 15 is 0 Å². The highest BCUT2D eigenvalue weighted by molar-refractivity contribution is 5.02. The lowest BCUT2D eigenvalue weighted by Gasteiger charge is -2.57. The van der Waals surface area contributed by atoms with E-state index in [1.54, 1.807) is 19.3 Å². The van der Waals surface area contributed by atoms with Gasteiger partial charge in [0.1, 0.15) is 0 Å². The second-order valence-corrected chi connectivity index (χ2v) is 8.87. The van der Waals surface area contributed by atoms with Crippen LogP contribution in [-0.4, -0.2) is 6.04 Å². The SMILES string of the molecule is NNC(CC1CCCC1)CC12CC3CC(CC(C3)C1)C2. The van der Waals surface area contributed by atoms with Gasteiger partial charge in [-0.3, -0.25) is 11.3 Å². The monoisotopic (exact) mass is 276 g/mol. The Morgan fingerprint density at radius 1 is 0.950 bits per heavy atom. The maximum atomic E-state index is 5.93. The molecule has 3 N–H and O–H groups in total. The average molecular weight is 276 g/mol. The Morgan fingerprint density at radius 3 is 2.00 bits per heavy atom. The van der Waals surface area contributed by atoms with E-state index in [9.17, 15) is 0 Å². The smallest absolute Gasteiger partial charge is 0.0218 e. The Bertz CT molecular complexity index is 310. The molecule has 114 valence electrons. The van der Waals surface area contributed by atoms with Gasteiger partial charge in [-0.1, -0.05) is 25.7 Å². The second kappa shape index (κ2) is 5.28. The average Bonchev–Trinajstić information content (AvgIpc) is 2.89. The van der Waals surface area contributed by atoms with Crippen LogP contribution in [0.25, 0.3) is 0 Å². The first-order valence-electron chi connectivity index (χ1n) is 9.21. The van der Waals surface area contributed by atoms with Crippen molar-refractivity contribution in [2.75, 3.05) is 0 Å². The predicted molar refractivity (Wildman–Crippen MR) is 82.9 cm³/mol. The minimum Gasteiger partial charge on any atom is -0.271 e. The van der Waals surface area contributed by atoms with Crippen molar-refractivity contribution in [3.05, 3.63) is 0 Å². The Kier molecular flexibility index (Phi) is 3.58. The minimum atomic E-state index is 0.592. The zero-order valence-corrected chi connectivity index (χ0v) is 12.9. The van der Waals surface area contributed by atoms with Gasteiger partial charge in [-0.05, 0) is 80.5 Å². The van der Waals surface area contributed by atoms with Crippen LogP contribution < -0.4 is 11.3 Å². The molecular weight excluding hydrogens is 244 g/mol. The van der Waals surface area contributed by atoms with Gasteiger partial charge >= 0.3 is 0 Å². The highest BCUT2D eigenvalue weighted by Gasteiger charge is 2.51. The fourth-order valence-corrected chi connectivity index (χ4v) is 6.92. The van der Waals surface area contributed by atoms with Crippen molar-refractivity contribution < 1.29 is 0 Å². The van der Waals surface area contributed by atoms with Gasteiger partial charge in [-0.2, -0.15) is 0 Å². The van der Waals surface area contributed by atoms with Crippen molar-refractivity contribution in [3.63, 3.8) is 0 Å². The molecule has 1 unspecified atom stereocenters. The van der Waals surface area contributed by atoms with Gasteiger partial charge in [-0.25, -0.2) is 0 Å². The summed E-state index contributed by atoms with van der Waals surface area (Å²) in [6.07, 6.45) is 17.8. The van der Waals surface area contributed by atoms with Crippen LogP contribution in [0.3, 0.4) is 0 Å². The van der Waals surface area contributed by atoms with Crippen molar-refractivity contribution in [2.24, 2.45) is 34.9 Å². The molecule has 0 aromatic heterocycles. The number of nitrogens with one attached hydrogen (secondary N) is 1. The summed E-state index contributed by atoms with van der Waals surface area (Å²) in [4.78, 5) is 0. The Labute approximate surface area is 124 Å². The van der Waals surface area contributed by atoms with Gasteiger partial charge in [0.25, 0.3) is 0 Å². The molecule has 5 saturated carbocycles. The van der Waals surface area contributed by atoms with Crippen LogP contribution in [0.5, 0.6) is 0 Å². The second-order valence-electron chi connectivity index (χ2n) is 8.87. The zero-order valence-electron chi connectivity index (χ0n) is 12.9. The molecule has 0 heterocycles. The van der Waals surface area contributed by atoms with Gasteiger partial charge in [0.05, 0.1) is 0 Å². The third-order valence-corrected chi connectivity index (χ3v) is 7.17. The van der Waals surface area contributed by atoms with Crippen LogP contribution in [0, 0.1) is 29.1 Å². The molecule has 5 aliphatic carbocycles. The molecule has 0 aromatic rings. The van der Waals surface area contributed by atoms with E-state index in [0.717, 1.165) is 23.7 Å². The van der Waals surface area contributed by atoms with Crippen LogP contribution in [0.1, 0.15) is 77.0 Å². The summed E-state index contributed by atoms with van der Waals surface area (Å²) in [5, 5.41) is 0. The number of hydrogen-bond donors (Lipinski definition) is 2. The molecule has 0 radical (unpaired) electrons. The van der Waals surface area contributed by atoms with Crippen molar-refractivity contribution >= 4 is 0 Å². The van der Waals surface area contributed by atoms with Crippen molar-refractivity contribution in [1.82, 2.24) is 5.43 Å². The molecule has 0 aromatic carbocycles. The first kappa shape index (κ1) is 13.6. The molecular formula is C18H32N2. The summed E-state index contributed by atoms with van der Waals surface area (Å²) in [5.74, 6) is 10.1. The summed E-state index contributed by atoms with van der Waals surface area (Å²) in [6, 6.07) is 0.592. The largest absolute Gasteiger partial charge is 0.271 e. The molecule has 0 spiro atoms. The predicted octanol–water partition coefficient (Wildman–Crippen LogP) is 4.01. The lowest BCUT2D eigenvalue weighted by atomic mass is 9.48. The lowest BCUT2D eigenvalue weighted by molar-refractivity contribution is -0.0630. The van der Waals surface area contributed by atoms with Gasteiger partial charge in [0.15, 0.2) is 0 Å². The number of hydrogen-bond acceptors (Lipinski definition) is 2. The third-order valence-electron chi connectivity index (χ3n) is 7.17. The lowest BCUT2D eigenvalue weighted by Crippen LogP contribution is -2.50. The van der Waals surface area contributed by atoms with Crippen molar-refractivity contribution in [1.29, 1.82) is 0 Å². The summed E-state index contributed by atoms with van der Waals surface area (Å²) >= 11 is 0. The molecule has 0 saturated heterocycles. The first-order valence-corrected chi connectivity index (χ1v) is 9.21. The molecule has 5 rings (SSSR count). The number of hydrazine groups is 1. The Morgan fingerprint density at radius 2 is 1.50 bits per heavy atom. The van der Waals surface area contributed by atoms with E-state index in [1.165, 1.54) is 57.8 Å². The van der Waals surface area contributed by atoms with E-state index in [1.807, 2.05) is 0 Å². The number of rotatable bonds is 5. The summed E-state index contributed by atoms with van der Waals surface area (Å²) in [6.45, 7) is 0. The normalized spacial score (nSPS) is 45.1. The Hall–Kier alpha value is -0.0800. The van der Waals surface area contributed by atoms with E-state index in [0.29, 0.717) is 11.5 Å². The molecule has 4 bridgehead atoms. The van der Waals surface area contributed by atoms with Gasteiger partial charge in [-0.15, -0.1) is 0 Å². The van der Waals surface area contributed by atoms with E-state index in [-0.39, 0.29) is 0 Å². The van der Waals surface area contributed by atoms with Crippen molar-refractivity contribution in [3.8, 4) is 0 Å². The van der Waals surface area contributed by atoms with Gasteiger partial charge < -0.3 is 0 Å². The zero-order chi connectivity index (χ0) is 13.6. The van der Waals surface area contributed by atoms with Crippen LogP contribution in [0.2, 0.25) is 0 Å². The molecule has 1 atom stereocenters. The van der Waals surface area contributed by atoms with E-state index in [2.05, 4.69) is 5.43 Å². The first-order chi connectivity index (χ1) is 9.75. The maximum absolute atomic E-state index is 5.93. The van der Waals surface area contributed by atoms with Crippen LogP contribution >= 0.6 is 0 Å². The maximum Gasteiger partial charge on any atom is 0.0218 e. The molecule has 0 amide bonds. The van der Waals surface area contributed by atoms with Crippen LogP contribution in [0.15, 0.2) is 0 Å². The highest BCUT2D eigenvalue weighted by atomic mass is 15.2. The van der Waals surface area contributed by atoms with Crippen LogP contribution in [-0.2, 0) is 0 Å². The third kappa shape index (κ3) is 2.54. The number of nitrogens with two attached hydrogens (primary N) is 1. The van der Waals surface area contributed by atoms with E-state index < -0.39 is 0 Å². The summed E-state index contributed by atoms with van der Waals surface area (Å²) in [7, 11) is 0. The molecule has 2 heteroatoms. The summed E-state index contributed by atoms with van der Waals surface area (Å²) < 4.78 is 0. The summed E-state index contributed by atoms with van der Waals surface area (Å²) in [5.41, 5.74) is 3.89. The molecule has 5 aliphatic rings. The fraction of sp³-hybridized carbons (Fsp3) is 1.00. The van der Waals surface area contributed by atoms with Gasteiger partial charge in [0.2, 0.25) is 0 Å². The van der Waals surface area contributed by atoms with Crippen LogP contribution in [0.4, 0.5) is 0 Å². The molecule has 5 fully saturated rings. The fourth-order valence-electron chi connectivity index (χ4n) is 6.92. The highest BCUT2D eigenvalue weighted by Crippen LogP contribution is 2.61. The Balaban J connectivity index is 1.41. The van der Waals surface area contributed by atoms with Crippen molar-refractivity contribution in [2.45, 2.75) is 83.1 Å². The minimum absolute atomic E-state index is 0.592. The topological polar surface area (TPSA) is 38.0 Å². The molecule has 20 heavy (non-hydrogen) atoms. The quantitative estimate of drug-likeness (QED) is 0.588. The van der Waals surface area contributed by atoms with Gasteiger partial charge in [0, 0.05) is 6.04 Å². The molecule has 0 aliphatic heterocycles. The standard InChI is InChI=1S/C18H32N2/c19-20-17(8-13-3-1-2-4-13)12-18-9-14-5-15(10-18)7-16(6-14)11-18/h13-17,20H,1-12,19H2. The molecule has 2 nitrogen and oxygen atoms in total.